The summed E-state index contributed by atoms with van der Waals surface area (Å²) in [6.45, 7) is 0. The van der Waals surface area contributed by atoms with Gasteiger partial charge >= 0.3 is 0 Å². The van der Waals surface area contributed by atoms with Crippen LogP contribution in [0.5, 0.6) is 23.0 Å². The van der Waals surface area contributed by atoms with Crippen molar-refractivity contribution in [2.45, 2.75) is 0 Å². The van der Waals surface area contributed by atoms with Crippen molar-refractivity contribution in [1.29, 1.82) is 5.26 Å². The Morgan fingerprint density at radius 2 is 1.71 bits per heavy atom. The zero-order valence-electron chi connectivity index (χ0n) is 11.5. The molecule has 0 unspecified atom stereocenters. The van der Waals surface area contributed by atoms with Crippen LogP contribution in [0.15, 0.2) is 30.3 Å². The lowest BCUT2D eigenvalue weighted by Crippen LogP contribution is -1.97. The Morgan fingerprint density at radius 1 is 1.05 bits per heavy atom. The molecule has 0 aromatic heterocycles. The van der Waals surface area contributed by atoms with E-state index in [9.17, 15) is 4.39 Å². The number of nitriles is 1. The molecule has 2 N–H and O–H groups in total. The minimum Gasteiger partial charge on any atom is -0.493 e. The van der Waals surface area contributed by atoms with Crippen LogP contribution in [0.3, 0.4) is 0 Å². The predicted molar refractivity (Wildman–Crippen MR) is 75.1 cm³/mol. The van der Waals surface area contributed by atoms with Gasteiger partial charge in [0.25, 0.3) is 0 Å². The third kappa shape index (κ3) is 2.98. The second-order valence-electron chi connectivity index (χ2n) is 4.10. The quantitative estimate of drug-likeness (QED) is 0.875. The monoisotopic (exact) mass is 288 g/mol. The van der Waals surface area contributed by atoms with Gasteiger partial charge in [-0.3, -0.25) is 0 Å². The van der Waals surface area contributed by atoms with Crippen molar-refractivity contribution in [1.82, 2.24) is 0 Å². The smallest absolute Gasteiger partial charge is 0.164 e. The summed E-state index contributed by atoms with van der Waals surface area (Å²) >= 11 is 0. The van der Waals surface area contributed by atoms with Crippen LogP contribution in [0.2, 0.25) is 0 Å². The van der Waals surface area contributed by atoms with Crippen molar-refractivity contribution in [3.05, 3.63) is 41.7 Å². The Hall–Kier alpha value is -2.94. The molecule has 0 amide bonds. The minimum atomic E-state index is -0.658. The maximum absolute atomic E-state index is 13.5. The molecule has 2 rings (SSSR count). The van der Waals surface area contributed by atoms with Crippen LogP contribution in [-0.2, 0) is 0 Å². The number of halogens is 1. The lowest BCUT2D eigenvalue weighted by atomic mass is 10.2. The van der Waals surface area contributed by atoms with E-state index in [0.29, 0.717) is 22.9 Å². The van der Waals surface area contributed by atoms with Gasteiger partial charge in [-0.05, 0) is 12.1 Å². The van der Waals surface area contributed by atoms with Gasteiger partial charge in [-0.15, -0.1) is 0 Å². The van der Waals surface area contributed by atoms with E-state index in [2.05, 4.69) is 0 Å². The van der Waals surface area contributed by atoms with Crippen LogP contribution < -0.4 is 19.9 Å². The molecule has 0 spiro atoms. The van der Waals surface area contributed by atoms with Gasteiger partial charge in [0, 0.05) is 18.2 Å². The number of benzene rings is 2. The first-order valence-corrected chi connectivity index (χ1v) is 5.98. The highest BCUT2D eigenvalue weighted by Gasteiger charge is 2.12. The molecule has 21 heavy (non-hydrogen) atoms. The van der Waals surface area contributed by atoms with Gasteiger partial charge in [0.1, 0.15) is 17.6 Å². The van der Waals surface area contributed by atoms with E-state index in [-0.39, 0.29) is 11.3 Å². The number of methoxy groups -OCH3 is 2. The average molecular weight is 288 g/mol. The summed E-state index contributed by atoms with van der Waals surface area (Å²) in [7, 11) is 2.98. The topological polar surface area (TPSA) is 77.5 Å². The highest BCUT2D eigenvalue weighted by molar-refractivity contribution is 5.62. The second-order valence-corrected chi connectivity index (χ2v) is 4.10. The molecule has 0 radical (unpaired) electrons. The number of rotatable bonds is 4. The molecule has 0 fully saturated rings. The van der Waals surface area contributed by atoms with Gasteiger partial charge in [-0.2, -0.15) is 5.26 Å². The fourth-order valence-corrected chi connectivity index (χ4v) is 1.74. The molecule has 0 aliphatic heterocycles. The van der Waals surface area contributed by atoms with Gasteiger partial charge < -0.3 is 19.9 Å². The van der Waals surface area contributed by atoms with Crippen LogP contribution in [0.4, 0.5) is 10.1 Å². The average Bonchev–Trinajstić information content (AvgIpc) is 2.49. The molecule has 108 valence electrons. The van der Waals surface area contributed by atoms with Crippen LogP contribution in [0, 0.1) is 17.1 Å². The van der Waals surface area contributed by atoms with Gasteiger partial charge in [0.15, 0.2) is 17.2 Å². The van der Waals surface area contributed by atoms with Crippen molar-refractivity contribution in [2.75, 3.05) is 20.0 Å². The molecule has 2 aromatic carbocycles. The van der Waals surface area contributed by atoms with Crippen LogP contribution in [0.25, 0.3) is 0 Å². The minimum absolute atomic E-state index is 0.0531. The first-order chi connectivity index (χ1) is 10.1. The van der Waals surface area contributed by atoms with Crippen molar-refractivity contribution in [3.63, 3.8) is 0 Å². The van der Waals surface area contributed by atoms with Gasteiger partial charge in [0.05, 0.1) is 25.5 Å². The van der Waals surface area contributed by atoms with E-state index in [4.69, 9.17) is 25.2 Å². The molecule has 6 heteroatoms. The Kier molecular flexibility index (Phi) is 4.14. The third-order valence-electron chi connectivity index (χ3n) is 2.80. The molecule has 0 heterocycles. The molecule has 5 nitrogen and oxygen atoms in total. The van der Waals surface area contributed by atoms with Gasteiger partial charge in [-0.1, -0.05) is 0 Å². The lowest BCUT2D eigenvalue weighted by Gasteiger charge is -2.13. The Labute approximate surface area is 121 Å². The van der Waals surface area contributed by atoms with E-state index >= 15 is 0 Å². The summed E-state index contributed by atoms with van der Waals surface area (Å²) < 4.78 is 29.3. The number of hydrogen-bond donors (Lipinski definition) is 1. The first kappa shape index (κ1) is 14.5. The zero-order chi connectivity index (χ0) is 15.4. The van der Waals surface area contributed by atoms with Crippen molar-refractivity contribution in [3.8, 4) is 29.1 Å². The van der Waals surface area contributed by atoms with Crippen LogP contribution >= 0.6 is 0 Å². The largest absolute Gasteiger partial charge is 0.493 e. The van der Waals surface area contributed by atoms with Gasteiger partial charge in [0.2, 0.25) is 0 Å². The molecule has 0 atom stereocenters. The second kappa shape index (κ2) is 6.01. The summed E-state index contributed by atoms with van der Waals surface area (Å²) in [5, 5.41) is 8.69. The summed E-state index contributed by atoms with van der Waals surface area (Å²) in [5.74, 6) is 0.778. The molecule has 0 aliphatic rings. The highest BCUT2D eigenvalue weighted by Crippen LogP contribution is 2.38. The number of anilines is 1. The first-order valence-electron chi connectivity index (χ1n) is 5.98. The van der Waals surface area contributed by atoms with Crippen molar-refractivity contribution >= 4 is 5.69 Å². The number of nitrogens with two attached hydrogens (primary N) is 1. The lowest BCUT2D eigenvalue weighted by molar-refractivity contribution is 0.352. The maximum atomic E-state index is 13.5. The fourth-order valence-electron chi connectivity index (χ4n) is 1.74. The summed E-state index contributed by atoms with van der Waals surface area (Å²) in [6.07, 6.45) is 0. The molecule has 0 bridgehead atoms. The number of hydrogen-bond acceptors (Lipinski definition) is 5. The van der Waals surface area contributed by atoms with E-state index in [1.54, 1.807) is 18.2 Å². The third-order valence-corrected chi connectivity index (χ3v) is 2.80. The van der Waals surface area contributed by atoms with Crippen LogP contribution in [0.1, 0.15) is 5.56 Å². The standard InChI is InChI=1S/C15H13FN2O3/c1-19-14-6-12(18)13(7-15(14)20-2)21-10-4-3-9(8-17)11(16)5-10/h3-7H,18H2,1-2H3. The molecule has 0 aliphatic carbocycles. The summed E-state index contributed by atoms with van der Waals surface area (Å²) in [5.41, 5.74) is 6.12. The number of nitrogen functional groups attached to an aromatic ring is 1. The van der Waals surface area contributed by atoms with E-state index < -0.39 is 5.82 Å². The number of nitrogens with zero attached hydrogens (tertiary/aromatic N) is 1. The Bertz CT molecular complexity index is 711. The summed E-state index contributed by atoms with van der Waals surface area (Å²) in [4.78, 5) is 0. The summed E-state index contributed by atoms with van der Waals surface area (Å²) in [6, 6.07) is 8.77. The Morgan fingerprint density at radius 3 is 2.29 bits per heavy atom. The predicted octanol–water partition coefficient (Wildman–Crippen LogP) is 3.09. The normalized spacial score (nSPS) is 9.81. The molecule has 2 aromatic rings. The van der Waals surface area contributed by atoms with Crippen molar-refractivity contribution in [2.24, 2.45) is 0 Å². The van der Waals surface area contributed by atoms with E-state index in [1.807, 2.05) is 0 Å². The van der Waals surface area contributed by atoms with E-state index in [0.717, 1.165) is 6.07 Å². The Balaban J connectivity index is 2.35. The van der Waals surface area contributed by atoms with Crippen LogP contribution in [-0.4, -0.2) is 14.2 Å². The maximum Gasteiger partial charge on any atom is 0.164 e. The fraction of sp³-hybridized carbons (Fsp3) is 0.133. The molecular formula is C15H13FN2O3. The number of ether oxygens (including phenoxy) is 3. The zero-order valence-corrected chi connectivity index (χ0v) is 11.5. The molecule has 0 saturated carbocycles. The van der Waals surface area contributed by atoms with Crippen molar-refractivity contribution < 1.29 is 18.6 Å². The molecular weight excluding hydrogens is 275 g/mol. The highest BCUT2D eigenvalue weighted by atomic mass is 19.1. The SMILES string of the molecule is COc1cc(N)c(Oc2ccc(C#N)c(F)c2)cc1OC. The van der Waals surface area contributed by atoms with E-state index in [1.165, 1.54) is 26.4 Å². The van der Waals surface area contributed by atoms with Gasteiger partial charge in [-0.25, -0.2) is 4.39 Å². The molecule has 0 saturated heterocycles.